The van der Waals surface area contributed by atoms with E-state index in [4.69, 9.17) is 0 Å². The van der Waals surface area contributed by atoms with Gasteiger partial charge in [0.2, 0.25) is 0 Å². The normalized spacial score (nSPS) is 13.4. The summed E-state index contributed by atoms with van der Waals surface area (Å²) in [5.74, 6) is -0.250. The Morgan fingerprint density at radius 1 is 0.897 bits per heavy atom. The first-order valence-electron chi connectivity index (χ1n) is 10.1. The van der Waals surface area contributed by atoms with E-state index < -0.39 is 0 Å². The Morgan fingerprint density at radius 3 is 2.41 bits per heavy atom. The van der Waals surface area contributed by atoms with Crippen LogP contribution >= 0.6 is 0 Å². The minimum atomic E-state index is -0.315. The van der Waals surface area contributed by atoms with E-state index in [1.807, 2.05) is 6.07 Å². The maximum Gasteiger partial charge on any atom is 0.162 e. The van der Waals surface area contributed by atoms with E-state index in [1.165, 1.54) is 34.4 Å². The van der Waals surface area contributed by atoms with E-state index in [0.717, 1.165) is 25.9 Å². The summed E-state index contributed by atoms with van der Waals surface area (Å²) in [6, 6.07) is 24.8. The molecular weight excluding hydrogens is 361 g/mol. The highest BCUT2D eigenvalue weighted by molar-refractivity contribution is 5.96. The van der Waals surface area contributed by atoms with E-state index in [-0.39, 0.29) is 11.6 Å². The number of Topliss-reactive ketones (excluding diaryl/α,β-unsaturated/α-hetero) is 1. The fourth-order valence-corrected chi connectivity index (χ4v) is 3.83. The van der Waals surface area contributed by atoms with Crippen LogP contribution in [-0.4, -0.2) is 23.8 Å². The highest BCUT2D eigenvalue weighted by Crippen LogP contribution is 2.29. The number of rotatable bonds is 6. The van der Waals surface area contributed by atoms with Crippen LogP contribution in [0.3, 0.4) is 0 Å². The molecule has 0 unspecified atom stereocenters. The van der Waals surface area contributed by atoms with Crippen molar-refractivity contribution in [3.63, 3.8) is 0 Å². The molecule has 3 aromatic carbocycles. The van der Waals surface area contributed by atoms with E-state index in [9.17, 15) is 9.18 Å². The summed E-state index contributed by atoms with van der Waals surface area (Å²) in [4.78, 5) is 14.7. The molecule has 4 rings (SSSR count). The van der Waals surface area contributed by atoms with E-state index in [0.29, 0.717) is 12.0 Å². The van der Waals surface area contributed by atoms with Gasteiger partial charge in [-0.3, -0.25) is 4.79 Å². The van der Waals surface area contributed by atoms with Gasteiger partial charge < -0.3 is 4.90 Å². The van der Waals surface area contributed by atoms with Crippen LogP contribution in [0.1, 0.15) is 39.9 Å². The third kappa shape index (κ3) is 4.62. The molecule has 0 bridgehead atoms. The van der Waals surface area contributed by atoms with Crippen LogP contribution in [0.4, 0.5) is 4.39 Å². The molecule has 3 aromatic rings. The van der Waals surface area contributed by atoms with Crippen molar-refractivity contribution in [2.75, 3.05) is 13.1 Å². The number of hydrogen-bond acceptors (Lipinski definition) is 2. The van der Waals surface area contributed by atoms with Gasteiger partial charge in [-0.15, -0.1) is 0 Å². The number of benzene rings is 3. The average molecular weight is 385 g/mol. The second-order valence-corrected chi connectivity index (χ2v) is 7.39. The van der Waals surface area contributed by atoms with Crippen LogP contribution in [0.2, 0.25) is 0 Å². The molecule has 1 aliphatic heterocycles. The molecule has 0 aromatic heterocycles. The van der Waals surface area contributed by atoms with E-state index >= 15 is 0 Å². The lowest BCUT2D eigenvalue weighted by molar-refractivity contribution is 0.0977. The zero-order valence-electron chi connectivity index (χ0n) is 16.4. The lowest BCUT2D eigenvalue weighted by atomic mass is 9.94. The summed E-state index contributed by atoms with van der Waals surface area (Å²) in [6.45, 7) is 1.75. The first-order valence-corrected chi connectivity index (χ1v) is 10.1. The summed E-state index contributed by atoms with van der Waals surface area (Å²) in [7, 11) is 0. The molecule has 146 valence electrons. The van der Waals surface area contributed by atoms with Gasteiger partial charge in [-0.2, -0.15) is 0 Å². The molecule has 2 nitrogen and oxygen atoms in total. The summed E-state index contributed by atoms with van der Waals surface area (Å²) in [6.07, 6.45) is 4.45. The number of hydrogen-bond donors (Lipinski definition) is 0. The molecular formula is C26H24FNO. The van der Waals surface area contributed by atoms with Gasteiger partial charge in [0.1, 0.15) is 5.82 Å². The SMILES string of the molecule is O=C(CCCN1C=C(c2ccccc2)c2ccccc2CC1)c1ccc(F)cc1. The van der Waals surface area contributed by atoms with Crippen molar-refractivity contribution in [3.05, 3.63) is 113 Å². The van der Waals surface area contributed by atoms with Crippen molar-refractivity contribution in [2.45, 2.75) is 19.3 Å². The predicted molar refractivity (Wildman–Crippen MR) is 115 cm³/mol. The quantitative estimate of drug-likeness (QED) is 0.505. The molecule has 0 fully saturated rings. The predicted octanol–water partition coefficient (Wildman–Crippen LogP) is 5.74. The topological polar surface area (TPSA) is 20.3 Å². The molecule has 0 aliphatic carbocycles. The molecule has 1 aliphatic rings. The van der Waals surface area contributed by atoms with Crippen LogP contribution in [-0.2, 0) is 6.42 Å². The van der Waals surface area contributed by atoms with Crippen LogP contribution in [0.25, 0.3) is 5.57 Å². The zero-order chi connectivity index (χ0) is 20.1. The van der Waals surface area contributed by atoms with Gasteiger partial charge >= 0.3 is 0 Å². The number of nitrogens with zero attached hydrogens (tertiary/aromatic N) is 1. The van der Waals surface area contributed by atoms with Gasteiger partial charge in [-0.1, -0.05) is 54.6 Å². The molecule has 3 heteroatoms. The number of halogens is 1. The molecule has 0 radical (unpaired) electrons. The Bertz CT molecular complexity index is 1010. The van der Waals surface area contributed by atoms with Gasteiger partial charge in [-0.05, 0) is 53.8 Å². The monoisotopic (exact) mass is 385 g/mol. The highest BCUT2D eigenvalue weighted by Gasteiger charge is 2.16. The third-order valence-corrected chi connectivity index (χ3v) is 5.39. The molecule has 29 heavy (non-hydrogen) atoms. The Morgan fingerprint density at radius 2 is 1.62 bits per heavy atom. The Kier molecular flexibility index (Phi) is 5.85. The lowest BCUT2D eigenvalue weighted by Crippen LogP contribution is -2.21. The molecule has 0 N–H and O–H groups in total. The first-order chi connectivity index (χ1) is 14.2. The molecule has 1 heterocycles. The molecule has 0 saturated carbocycles. The van der Waals surface area contributed by atoms with Crippen LogP contribution in [0.5, 0.6) is 0 Å². The molecule has 0 spiro atoms. The van der Waals surface area contributed by atoms with Gasteiger partial charge in [0, 0.05) is 36.8 Å². The van der Waals surface area contributed by atoms with Crippen molar-refractivity contribution in [2.24, 2.45) is 0 Å². The van der Waals surface area contributed by atoms with E-state index in [2.05, 4.69) is 59.6 Å². The standard InChI is InChI=1S/C26H24FNO/c27-23-14-12-22(13-15-23)26(29)11-6-17-28-18-16-21-9-4-5-10-24(21)25(19-28)20-7-2-1-3-8-20/h1-5,7-10,12-15,19H,6,11,16-18H2. The lowest BCUT2D eigenvalue weighted by Gasteiger charge is -2.19. The molecule has 0 saturated heterocycles. The zero-order valence-corrected chi connectivity index (χ0v) is 16.4. The van der Waals surface area contributed by atoms with Crippen molar-refractivity contribution < 1.29 is 9.18 Å². The second-order valence-electron chi connectivity index (χ2n) is 7.39. The van der Waals surface area contributed by atoms with Crippen molar-refractivity contribution in [1.29, 1.82) is 0 Å². The Labute approximate surface area is 171 Å². The number of carbonyl (C=O) groups excluding carboxylic acids is 1. The fraction of sp³-hybridized carbons (Fsp3) is 0.192. The summed E-state index contributed by atoms with van der Waals surface area (Å²) < 4.78 is 13.0. The third-order valence-electron chi connectivity index (χ3n) is 5.39. The number of ketones is 1. The smallest absolute Gasteiger partial charge is 0.162 e. The highest BCUT2D eigenvalue weighted by atomic mass is 19.1. The maximum absolute atomic E-state index is 13.0. The minimum absolute atomic E-state index is 0.0652. The summed E-state index contributed by atoms with van der Waals surface area (Å²) >= 11 is 0. The average Bonchev–Trinajstić information content (AvgIpc) is 2.95. The van der Waals surface area contributed by atoms with Gasteiger partial charge in [0.05, 0.1) is 0 Å². The van der Waals surface area contributed by atoms with Crippen molar-refractivity contribution in [3.8, 4) is 0 Å². The van der Waals surface area contributed by atoms with Crippen LogP contribution in [0.15, 0.2) is 85.1 Å². The van der Waals surface area contributed by atoms with Crippen molar-refractivity contribution in [1.82, 2.24) is 4.90 Å². The van der Waals surface area contributed by atoms with Crippen molar-refractivity contribution >= 4 is 11.4 Å². The van der Waals surface area contributed by atoms with Gasteiger partial charge in [0.15, 0.2) is 5.78 Å². The van der Waals surface area contributed by atoms with Gasteiger partial charge in [0.25, 0.3) is 0 Å². The Hall–Kier alpha value is -3.20. The second kappa shape index (κ2) is 8.87. The molecule has 0 amide bonds. The van der Waals surface area contributed by atoms with E-state index in [1.54, 1.807) is 12.1 Å². The van der Waals surface area contributed by atoms with Crippen LogP contribution < -0.4 is 0 Å². The fourth-order valence-electron chi connectivity index (χ4n) is 3.83. The minimum Gasteiger partial charge on any atom is -0.377 e. The Balaban J connectivity index is 1.48. The maximum atomic E-state index is 13.0. The first kappa shape index (κ1) is 19.1. The molecule has 0 atom stereocenters. The summed E-state index contributed by atoms with van der Waals surface area (Å²) in [5, 5.41) is 0. The van der Waals surface area contributed by atoms with Gasteiger partial charge in [-0.25, -0.2) is 4.39 Å². The number of carbonyl (C=O) groups is 1. The van der Waals surface area contributed by atoms with Crippen LogP contribution in [0, 0.1) is 5.82 Å². The summed E-state index contributed by atoms with van der Waals surface area (Å²) in [5.41, 5.74) is 5.64. The largest absolute Gasteiger partial charge is 0.377 e. The number of fused-ring (bicyclic) bond motifs is 1.